The Morgan fingerprint density at radius 2 is 1.76 bits per heavy atom. The summed E-state index contributed by atoms with van der Waals surface area (Å²) in [6, 6.07) is 13.7. The number of ether oxygens (including phenoxy) is 1. The molecule has 2 rings (SSSR count). The van der Waals surface area contributed by atoms with Crippen LogP contribution in [0, 0.1) is 5.82 Å². The van der Waals surface area contributed by atoms with Crippen molar-refractivity contribution in [2.45, 2.75) is 12.6 Å². The fourth-order valence-corrected chi connectivity index (χ4v) is 2.03. The van der Waals surface area contributed by atoms with Crippen LogP contribution in [0.1, 0.15) is 5.56 Å². The van der Waals surface area contributed by atoms with Gasteiger partial charge in [-0.15, -0.1) is 0 Å². The first-order valence-electron chi connectivity index (χ1n) is 6.65. The number of nitrogens with one attached hydrogen (secondary N) is 1. The smallest absolute Gasteiger partial charge is 0.123 e. The normalized spacial score (nSPS) is 12.1. The lowest BCUT2D eigenvalue weighted by atomic mass is 10.2. The first-order chi connectivity index (χ1) is 10.1. The topological polar surface area (TPSA) is 41.5 Å². The quantitative estimate of drug-likeness (QED) is 0.803. The first-order valence-corrected chi connectivity index (χ1v) is 7.44. The molecule has 3 nitrogen and oxygen atoms in total. The lowest BCUT2D eigenvalue weighted by Gasteiger charge is -2.13. The molecule has 0 aliphatic carbocycles. The fraction of sp³-hybridized carbons (Fsp3) is 0.250. The Hall–Kier alpha value is -1.43. The minimum Gasteiger partial charge on any atom is -0.491 e. The van der Waals surface area contributed by atoms with Gasteiger partial charge >= 0.3 is 0 Å². The summed E-state index contributed by atoms with van der Waals surface area (Å²) in [4.78, 5) is 0. The van der Waals surface area contributed by atoms with Crippen LogP contribution in [0.2, 0.25) is 0 Å². The zero-order valence-electron chi connectivity index (χ0n) is 11.4. The SMILES string of the molecule is OC(CNCc1ccc(Br)cc1)COc1ccc(F)cc1. The Bertz CT molecular complexity index is 545. The second-order valence-electron chi connectivity index (χ2n) is 4.68. The molecule has 112 valence electrons. The third-order valence-electron chi connectivity index (χ3n) is 2.88. The maximum absolute atomic E-state index is 12.7. The molecule has 2 aromatic rings. The van der Waals surface area contributed by atoms with Crippen LogP contribution in [-0.2, 0) is 6.54 Å². The molecular formula is C16H17BrFNO2. The van der Waals surface area contributed by atoms with Gasteiger partial charge in [0.25, 0.3) is 0 Å². The van der Waals surface area contributed by atoms with Crippen LogP contribution in [0.15, 0.2) is 53.0 Å². The van der Waals surface area contributed by atoms with Gasteiger partial charge in [0.15, 0.2) is 0 Å². The van der Waals surface area contributed by atoms with Crippen LogP contribution < -0.4 is 10.1 Å². The molecule has 0 aromatic heterocycles. The zero-order chi connectivity index (χ0) is 15.1. The summed E-state index contributed by atoms with van der Waals surface area (Å²) in [5, 5.41) is 13.0. The van der Waals surface area contributed by atoms with Crippen LogP contribution >= 0.6 is 15.9 Å². The van der Waals surface area contributed by atoms with E-state index in [0.717, 1.165) is 10.0 Å². The van der Waals surface area contributed by atoms with Crippen molar-refractivity contribution < 1.29 is 14.2 Å². The van der Waals surface area contributed by atoms with Crippen molar-refractivity contribution in [1.29, 1.82) is 0 Å². The molecule has 5 heteroatoms. The number of aliphatic hydroxyl groups is 1. The highest BCUT2D eigenvalue weighted by Gasteiger charge is 2.05. The molecule has 2 N–H and O–H groups in total. The molecule has 0 bridgehead atoms. The van der Waals surface area contributed by atoms with Crippen molar-refractivity contribution in [3.8, 4) is 5.75 Å². The van der Waals surface area contributed by atoms with Crippen molar-refractivity contribution in [3.05, 3.63) is 64.4 Å². The predicted molar refractivity (Wildman–Crippen MR) is 83.8 cm³/mol. The van der Waals surface area contributed by atoms with Crippen LogP contribution in [-0.4, -0.2) is 24.4 Å². The van der Waals surface area contributed by atoms with Gasteiger partial charge in [-0.3, -0.25) is 0 Å². The number of rotatable bonds is 7. The Labute approximate surface area is 131 Å². The molecule has 0 saturated carbocycles. The van der Waals surface area contributed by atoms with E-state index in [1.54, 1.807) is 0 Å². The van der Waals surface area contributed by atoms with Gasteiger partial charge in [-0.25, -0.2) is 4.39 Å². The van der Waals surface area contributed by atoms with Crippen molar-refractivity contribution in [1.82, 2.24) is 5.32 Å². The van der Waals surface area contributed by atoms with E-state index in [1.807, 2.05) is 24.3 Å². The third kappa shape index (κ3) is 5.83. The number of hydrogen-bond acceptors (Lipinski definition) is 3. The van der Waals surface area contributed by atoms with E-state index in [1.165, 1.54) is 24.3 Å². The van der Waals surface area contributed by atoms with E-state index < -0.39 is 6.10 Å². The van der Waals surface area contributed by atoms with E-state index in [4.69, 9.17) is 4.74 Å². The van der Waals surface area contributed by atoms with Gasteiger partial charge in [0, 0.05) is 17.6 Å². The Morgan fingerprint density at radius 3 is 2.43 bits per heavy atom. The molecule has 2 aromatic carbocycles. The summed E-state index contributed by atoms with van der Waals surface area (Å²) in [5.74, 6) is 0.238. The number of halogens is 2. The zero-order valence-corrected chi connectivity index (χ0v) is 13.0. The summed E-state index contributed by atoms with van der Waals surface area (Å²) >= 11 is 3.38. The van der Waals surface area contributed by atoms with Crippen LogP contribution in [0.3, 0.4) is 0 Å². The van der Waals surface area contributed by atoms with Gasteiger partial charge in [0.1, 0.15) is 24.3 Å². The highest BCUT2D eigenvalue weighted by Crippen LogP contribution is 2.11. The van der Waals surface area contributed by atoms with Gasteiger partial charge in [-0.2, -0.15) is 0 Å². The molecule has 0 aliphatic rings. The van der Waals surface area contributed by atoms with E-state index in [0.29, 0.717) is 18.8 Å². The summed E-state index contributed by atoms with van der Waals surface area (Å²) in [6.07, 6.45) is -0.620. The largest absolute Gasteiger partial charge is 0.491 e. The van der Waals surface area contributed by atoms with E-state index in [9.17, 15) is 9.50 Å². The highest BCUT2D eigenvalue weighted by molar-refractivity contribution is 9.10. The Morgan fingerprint density at radius 1 is 1.10 bits per heavy atom. The number of aliphatic hydroxyl groups excluding tert-OH is 1. The Kier molecular flexibility index (Phi) is 6.17. The summed E-state index contributed by atoms with van der Waals surface area (Å²) in [5.41, 5.74) is 1.14. The maximum atomic E-state index is 12.7. The van der Waals surface area contributed by atoms with Crippen LogP contribution in [0.4, 0.5) is 4.39 Å². The van der Waals surface area contributed by atoms with Crippen molar-refractivity contribution in [3.63, 3.8) is 0 Å². The summed E-state index contributed by atoms with van der Waals surface area (Å²) < 4.78 is 19.1. The van der Waals surface area contributed by atoms with E-state index in [2.05, 4.69) is 21.2 Å². The summed E-state index contributed by atoms with van der Waals surface area (Å²) in [6.45, 7) is 1.27. The summed E-state index contributed by atoms with van der Waals surface area (Å²) in [7, 11) is 0. The lowest BCUT2D eigenvalue weighted by Crippen LogP contribution is -2.31. The van der Waals surface area contributed by atoms with Gasteiger partial charge < -0.3 is 15.2 Å². The minimum absolute atomic E-state index is 0.166. The molecule has 0 saturated heterocycles. The number of benzene rings is 2. The molecular weight excluding hydrogens is 337 g/mol. The van der Waals surface area contributed by atoms with Crippen LogP contribution in [0.5, 0.6) is 5.75 Å². The van der Waals surface area contributed by atoms with E-state index >= 15 is 0 Å². The van der Waals surface area contributed by atoms with Crippen molar-refractivity contribution in [2.24, 2.45) is 0 Å². The second-order valence-corrected chi connectivity index (χ2v) is 5.59. The lowest BCUT2D eigenvalue weighted by molar-refractivity contribution is 0.106. The van der Waals surface area contributed by atoms with Crippen LogP contribution in [0.25, 0.3) is 0 Å². The van der Waals surface area contributed by atoms with Crippen molar-refractivity contribution >= 4 is 15.9 Å². The molecule has 0 spiro atoms. The third-order valence-corrected chi connectivity index (χ3v) is 3.41. The van der Waals surface area contributed by atoms with Crippen molar-refractivity contribution in [2.75, 3.05) is 13.2 Å². The molecule has 1 atom stereocenters. The molecule has 0 fully saturated rings. The molecule has 0 radical (unpaired) electrons. The average Bonchev–Trinajstić information content (AvgIpc) is 2.49. The predicted octanol–water partition coefficient (Wildman–Crippen LogP) is 3.12. The first kappa shape index (κ1) is 15.9. The molecule has 1 unspecified atom stereocenters. The molecule has 0 heterocycles. The second kappa shape index (κ2) is 8.12. The Balaban J connectivity index is 1.66. The number of hydrogen-bond donors (Lipinski definition) is 2. The average molecular weight is 354 g/mol. The minimum atomic E-state index is -0.620. The monoisotopic (exact) mass is 353 g/mol. The molecule has 21 heavy (non-hydrogen) atoms. The molecule has 0 amide bonds. The van der Waals surface area contributed by atoms with E-state index in [-0.39, 0.29) is 12.4 Å². The fourth-order valence-electron chi connectivity index (χ4n) is 1.77. The standard InChI is InChI=1S/C16H17BrFNO2/c17-13-3-1-12(2-4-13)9-19-10-15(20)11-21-16-7-5-14(18)6-8-16/h1-8,15,19-20H,9-11H2. The molecule has 0 aliphatic heterocycles. The van der Waals surface area contributed by atoms with Gasteiger partial charge in [-0.05, 0) is 42.0 Å². The van der Waals surface area contributed by atoms with Gasteiger partial charge in [0.2, 0.25) is 0 Å². The highest BCUT2D eigenvalue weighted by atomic mass is 79.9. The van der Waals surface area contributed by atoms with Gasteiger partial charge in [-0.1, -0.05) is 28.1 Å². The van der Waals surface area contributed by atoms with Gasteiger partial charge in [0.05, 0.1) is 0 Å². The maximum Gasteiger partial charge on any atom is 0.123 e.